The highest BCUT2D eigenvalue weighted by molar-refractivity contribution is 5.81. The van der Waals surface area contributed by atoms with Crippen molar-refractivity contribution in [2.45, 2.75) is 65.0 Å². The van der Waals surface area contributed by atoms with Crippen LogP contribution in [-0.2, 0) is 4.74 Å². The first-order valence-corrected chi connectivity index (χ1v) is 12.1. The van der Waals surface area contributed by atoms with E-state index in [0.29, 0.717) is 30.2 Å². The fraction of sp³-hybridized carbons (Fsp3) is 0.500. The molecule has 0 saturated carbocycles. The summed E-state index contributed by atoms with van der Waals surface area (Å²) in [6.45, 7) is 11.3. The van der Waals surface area contributed by atoms with Crippen LogP contribution in [0.3, 0.4) is 0 Å². The lowest BCUT2D eigenvalue weighted by atomic mass is 9.91. The first-order chi connectivity index (χ1) is 16.6. The van der Waals surface area contributed by atoms with Crippen LogP contribution in [0.1, 0.15) is 58.9 Å². The molecule has 1 saturated heterocycles. The second-order valence-electron chi connectivity index (χ2n) is 10.4. The third-order valence-electron chi connectivity index (χ3n) is 6.15. The Morgan fingerprint density at radius 1 is 1.26 bits per heavy atom. The Hall–Kier alpha value is -3.49. The van der Waals surface area contributed by atoms with Gasteiger partial charge in [-0.15, -0.1) is 0 Å². The number of aromatic nitrogens is 3. The monoisotopic (exact) mass is 480 g/mol. The number of ether oxygens (including phenoxy) is 2. The maximum atomic E-state index is 12.6. The molecule has 3 N–H and O–H groups in total. The maximum absolute atomic E-state index is 12.6. The average molecular weight is 481 g/mol. The van der Waals surface area contributed by atoms with Crippen molar-refractivity contribution in [2.75, 3.05) is 31.2 Å². The number of amides is 1. The molecule has 35 heavy (non-hydrogen) atoms. The predicted octanol–water partition coefficient (Wildman–Crippen LogP) is 4.92. The van der Waals surface area contributed by atoms with Crippen LogP contribution in [0.15, 0.2) is 30.7 Å². The molecule has 4 rings (SSSR count). The molecule has 1 fully saturated rings. The van der Waals surface area contributed by atoms with E-state index in [4.69, 9.17) is 15.2 Å². The van der Waals surface area contributed by atoms with Crippen LogP contribution in [0.2, 0.25) is 0 Å². The molecule has 9 heteroatoms. The summed E-state index contributed by atoms with van der Waals surface area (Å²) in [5.74, 6) is 0.910. The normalized spacial score (nSPS) is 16.5. The van der Waals surface area contributed by atoms with Crippen molar-refractivity contribution in [2.24, 2.45) is 0 Å². The van der Waals surface area contributed by atoms with Gasteiger partial charge in [0.2, 0.25) is 0 Å². The van der Waals surface area contributed by atoms with Crippen molar-refractivity contribution in [3.63, 3.8) is 0 Å². The number of nitrogens with one attached hydrogen (secondary N) is 1. The van der Waals surface area contributed by atoms with E-state index in [-0.39, 0.29) is 18.1 Å². The zero-order chi connectivity index (χ0) is 25.3. The van der Waals surface area contributed by atoms with Crippen molar-refractivity contribution < 1.29 is 14.3 Å². The average Bonchev–Trinajstić information content (AvgIpc) is 3.27. The number of hydrogen-bond acceptors (Lipinski definition) is 7. The number of rotatable bonds is 5. The van der Waals surface area contributed by atoms with Crippen LogP contribution in [0, 0.1) is 0 Å². The largest absolute Gasteiger partial charge is 0.493 e. The summed E-state index contributed by atoms with van der Waals surface area (Å²) >= 11 is 0. The molecule has 1 atom stereocenters. The van der Waals surface area contributed by atoms with Crippen LogP contribution in [0.25, 0.3) is 16.8 Å². The number of methoxy groups -OCH3 is 1. The number of likely N-dealkylation sites (tertiary alicyclic amines) is 1. The van der Waals surface area contributed by atoms with Crippen molar-refractivity contribution >= 4 is 23.1 Å². The van der Waals surface area contributed by atoms with Gasteiger partial charge in [0.15, 0.2) is 11.4 Å². The summed E-state index contributed by atoms with van der Waals surface area (Å²) in [6, 6.07) is 6.19. The highest BCUT2D eigenvalue weighted by atomic mass is 16.6. The Bertz CT molecular complexity index is 1210. The van der Waals surface area contributed by atoms with E-state index < -0.39 is 5.60 Å². The number of anilines is 2. The molecule has 0 spiro atoms. The number of nitrogens with zero attached hydrogens (tertiary/aromatic N) is 4. The quantitative estimate of drug-likeness (QED) is 0.499. The van der Waals surface area contributed by atoms with Crippen molar-refractivity contribution in [1.29, 1.82) is 0 Å². The molecule has 1 aliphatic rings. The molecule has 0 aliphatic carbocycles. The number of carbonyl (C=O) groups is 1. The third-order valence-corrected chi connectivity index (χ3v) is 6.15. The van der Waals surface area contributed by atoms with Gasteiger partial charge in [-0.1, -0.05) is 13.8 Å². The highest BCUT2D eigenvalue weighted by Gasteiger charge is 2.28. The molecule has 9 nitrogen and oxygen atoms in total. The van der Waals surface area contributed by atoms with Gasteiger partial charge in [0.05, 0.1) is 18.5 Å². The SMILES string of the molecule is COc1cc(-c2cc(N)c(N[C@H]3CCCN(C(=O)OC(C)(C)C)C3)cc2C(C)C)cn2ncnc12. The van der Waals surface area contributed by atoms with Gasteiger partial charge in [0, 0.05) is 30.9 Å². The van der Waals surface area contributed by atoms with E-state index in [2.05, 4.69) is 35.3 Å². The van der Waals surface area contributed by atoms with Gasteiger partial charge in [-0.25, -0.2) is 14.3 Å². The summed E-state index contributed by atoms with van der Waals surface area (Å²) in [5.41, 5.74) is 11.4. The number of piperidine rings is 1. The van der Waals surface area contributed by atoms with Gasteiger partial charge in [0.25, 0.3) is 0 Å². The minimum Gasteiger partial charge on any atom is -0.493 e. The zero-order valence-corrected chi connectivity index (χ0v) is 21.5. The fourth-order valence-corrected chi connectivity index (χ4v) is 4.49. The lowest BCUT2D eigenvalue weighted by Crippen LogP contribution is -2.47. The molecular formula is C26H36N6O3. The molecular weight excluding hydrogens is 444 g/mol. The van der Waals surface area contributed by atoms with Gasteiger partial charge >= 0.3 is 6.09 Å². The van der Waals surface area contributed by atoms with E-state index >= 15 is 0 Å². The number of pyridine rings is 1. The Balaban J connectivity index is 1.61. The molecule has 1 aromatic carbocycles. The van der Waals surface area contributed by atoms with E-state index in [1.807, 2.05) is 39.1 Å². The molecule has 188 valence electrons. The van der Waals surface area contributed by atoms with Gasteiger partial charge in [0.1, 0.15) is 11.9 Å². The van der Waals surface area contributed by atoms with E-state index in [1.165, 1.54) is 6.33 Å². The van der Waals surface area contributed by atoms with Gasteiger partial charge in [-0.05, 0) is 68.9 Å². The Morgan fingerprint density at radius 3 is 2.71 bits per heavy atom. The fourth-order valence-electron chi connectivity index (χ4n) is 4.49. The van der Waals surface area contributed by atoms with Crippen molar-refractivity contribution in [3.8, 4) is 16.9 Å². The summed E-state index contributed by atoms with van der Waals surface area (Å²) in [6.07, 6.45) is 5.05. The number of hydrogen-bond donors (Lipinski definition) is 2. The summed E-state index contributed by atoms with van der Waals surface area (Å²) in [5, 5.41) is 7.88. The second-order valence-corrected chi connectivity index (χ2v) is 10.4. The number of nitrogen functional groups attached to an aromatic ring is 1. The van der Waals surface area contributed by atoms with Crippen LogP contribution < -0.4 is 15.8 Å². The summed E-state index contributed by atoms with van der Waals surface area (Å²) in [4.78, 5) is 18.6. The van der Waals surface area contributed by atoms with Crippen LogP contribution in [-0.4, -0.2) is 57.4 Å². The molecule has 3 aromatic rings. The van der Waals surface area contributed by atoms with E-state index in [9.17, 15) is 4.79 Å². The van der Waals surface area contributed by atoms with Crippen molar-refractivity contribution in [3.05, 3.63) is 36.3 Å². The van der Waals surface area contributed by atoms with Crippen molar-refractivity contribution in [1.82, 2.24) is 19.5 Å². The second kappa shape index (κ2) is 9.64. The van der Waals surface area contributed by atoms with Gasteiger partial charge in [-0.3, -0.25) is 0 Å². The molecule has 0 unspecified atom stereocenters. The first kappa shape index (κ1) is 24.6. The topological polar surface area (TPSA) is 107 Å². The smallest absolute Gasteiger partial charge is 0.410 e. The van der Waals surface area contributed by atoms with E-state index in [0.717, 1.165) is 35.2 Å². The first-order valence-electron chi connectivity index (χ1n) is 12.1. The maximum Gasteiger partial charge on any atom is 0.410 e. The molecule has 0 radical (unpaired) electrons. The summed E-state index contributed by atoms with van der Waals surface area (Å²) < 4.78 is 12.8. The predicted molar refractivity (Wildman–Crippen MR) is 138 cm³/mol. The lowest BCUT2D eigenvalue weighted by molar-refractivity contribution is 0.0206. The van der Waals surface area contributed by atoms with Gasteiger partial charge in [-0.2, -0.15) is 5.10 Å². The third kappa shape index (κ3) is 5.44. The van der Waals surface area contributed by atoms with Crippen LogP contribution >= 0.6 is 0 Å². The molecule has 0 bridgehead atoms. The zero-order valence-electron chi connectivity index (χ0n) is 21.5. The lowest BCUT2D eigenvalue weighted by Gasteiger charge is -2.35. The molecule has 3 heterocycles. The van der Waals surface area contributed by atoms with Crippen LogP contribution in [0.5, 0.6) is 5.75 Å². The number of benzene rings is 1. The minimum absolute atomic E-state index is 0.0935. The molecule has 2 aromatic heterocycles. The number of carbonyl (C=O) groups excluding carboxylic acids is 1. The molecule has 1 amide bonds. The molecule has 1 aliphatic heterocycles. The summed E-state index contributed by atoms with van der Waals surface area (Å²) in [7, 11) is 1.63. The Labute approximate surface area is 206 Å². The van der Waals surface area contributed by atoms with Gasteiger partial charge < -0.3 is 25.4 Å². The standard InChI is InChI=1S/C26H36N6O3/c1-16(2)19-12-22(30-18-8-7-9-31(14-18)25(33)35-26(3,4)5)21(27)11-20(19)17-10-23(34-6)24-28-15-29-32(24)13-17/h10-13,15-16,18,30H,7-9,14,27H2,1-6H3/t18-/m0/s1. The minimum atomic E-state index is -0.512. The van der Waals surface area contributed by atoms with E-state index in [1.54, 1.807) is 16.5 Å². The van der Waals surface area contributed by atoms with Crippen LogP contribution in [0.4, 0.5) is 16.2 Å². The number of nitrogens with two attached hydrogens (primary N) is 1. The Morgan fingerprint density at radius 2 is 2.03 bits per heavy atom. The Kier molecular flexibility index (Phi) is 6.78. The number of fused-ring (bicyclic) bond motifs is 1. The highest BCUT2D eigenvalue weighted by Crippen LogP contribution is 2.37.